The van der Waals surface area contributed by atoms with Gasteiger partial charge in [-0.3, -0.25) is 19.2 Å². The van der Waals surface area contributed by atoms with Crippen LogP contribution in [0, 0.1) is 5.92 Å². The molecule has 0 aliphatic carbocycles. The Labute approximate surface area is 232 Å². The fraction of sp³-hybridized carbons (Fsp3) is 0.393. The molecule has 2 rings (SSSR count). The van der Waals surface area contributed by atoms with Crippen molar-refractivity contribution in [2.45, 2.75) is 63.7 Å². The zero-order valence-electron chi connectivity index (χ0n) is 22.4. The monoisotopic (exact) mass is 556 g/mol. The van der Waals surface area contributed by atoms with Gasteiger partial charge in [0, 0.05) is 6.42 Å². The Morgan fingerprint density at radius 3 is 1.90 bits per heavy atom. The van der Waals surface area contributed by atoms with Crippen molar-refractivity contribution in [1.29, 1.82) is 0 Å². The van der Waals surface area contributed by atoms with Gasteiger partial charge in [0.1, 0.15) is 23.9 Å². The van der Waals surface area contributed by atoms with Crippen molar-refractivity contribution in [3.05, 3.63) is 65.7 Å². The second-order valence-corrected chi connectivity index (χ2v) is 9.60. The smallest absolute Gasteiger partial charge is 0.326 e. The van der Waals surface area contributed by atoms with Gasteiger partial charge in [-0.1, -0.05) is 62.7 Å². The lowest BCUT2D eigenvalue weighted by Gasteiger charge is -2.28. The number of hydrogen-bond acceptors (Lipinski definition) is 7. The van der Waals surface area contributed by atoms with Crippen molar-refractivity contribution < 1.29 is 39.3 Å². The predicted molar refractivity (Wildman–Crippen MR) is 145 cm³/mol. The molecule has 0 radical (unpaired) electrons. The van der Waals surface area contributed by atoms with E-state index in [4.69, 9.17) is 10.8 Å². The lowest BCUT2D eigenvalue weighted by Crippen LogP contribution is -2.59. The van der Waals surface area contributed by atoms with Gasteiger partial charge in [0.2, 0.25) is 17.7 Å². The number of carbonyl (C=O) groups excluding carboxylic acids is 3. The third-order valence-corrected chi connectivity index (χ3v) is 6.43. The molecule has 0 fully saturated rings. The molecule has 0 aliphatic rings. The van der Waals surface area contributed by atoms with E-state index in [1.807, 2.05) is 37.3 Å². The number of nitrogens with two attached hydrogens (primary N) is 1. The molecule has 0 bridgehead atoms. The van der Waals surface area contributed by atoms with E-state index in [-0.39, 0.29) is 24.5 Å². The van der Waals surface area contributed by atoms with Gasteiger partial charge in [-0.05, 0) is 35.6 Å². The molecule has 0 heterocycles. The molecule has 12 nitrogen and oxygen atoms in total. The van der Waals surface area contributed by atoms with Crippen LogP contribution in [-0.2, 0) is 36.8 Å². The van der Waals surface area contributed by atoms with Gasteiger partial charge >= 0.3 is 11.9 Å². The van der Waals surface area contributed by atoms with Gasteiger partial charge in [0.05, 0.1) is 12.5 Å². The average Bonchev–Trinajstić information content (AvgIpc) is 2.91. The normalized spacial score (nSPS) is 14.6. The van der Waals surface area contributed by atoms with E-state index in [1.54, 1.807) is 6.92 Å². The van der Waals surface area contributed by atoms with E-state index in [1.165, 1.54) is 24.3 Å². The molecule has 5 unspecified atom stereocenters. The van der Waals surface area contributed by atoms with E-state index in [0.717, 1.165) is 5.56 Å². The van der Waals surface area contributed by atoms with Gasteiger partial charge in [0.15, 0.2) is 0 Å². The van der Waals surface area contributed by atoms with Gasteiger partial charge in [-0.15, -0.1) is 0 Å². The van der Waals surface area contributed by atoms with E-state index in [0.29, 0.717) is 12.0 Å². The Hall–Kier alpha value is -4.45. The maximum atomic E-state index is 13.4. The topological polar surface area (TPSA) is 208 Å². The number of rotatable bonds is 15. The highest BCUT2D eigenvalue weighted by molar-refractivity contribution is 5.95. The van der Waals surface area contributed by atoms with Crippen LogP contribution in [-0.4, -0.2) is 69.1 Å². The molecule has 8 N–H and O–H groups in total. The number of hydrogen-bond donors (Lipinski definition) is 7. The Kier molecular flexibility index (Phi) is 12.1. The molecule has 0 saturated carbocycles. The van der Waals surface area contributed by atoms with Crippen LogP contribution >= 0.6 is 0 Å². The summed E-state index contributed by atoms with van der Waals surface area (Å²) in [4.78, 5) is 62.0. The number of phenols is 1. The van der Waals surface area contributed by atoms with Crippen LogP contribution < -0.4 is 21.7 Å². The number of aliphatic carboxylic acids is 2. The van der Waals surface area contributed by atoms with Gasteiger partial charge in [-0.25, -0.2) is 4.79 Å². The summed E-state index contributed by atoms with van der Waals surface area (Å²) in [6.07, 6.45) is -0.230. The van der Waals surface area contributed by atoms with Gasteiger partial charge in [0.25, 0.3) is 0 Å². The molecule has 40 heavy (non-hydrogen) atoms. The Bertz CT molecular complexity index is 1170. The maximum Gasteiger partial charge on any atom is 0.326 e. The maximum absolute atomic E-state index is 13.4. The molecule has 216 valence electrons. The average molecular weight is 557 g/mol. The molecule has 12 heteroatoms. The molecule has 5 atom stereocenters. The Morgan fingerprint density at radius 2 is 1.35 bits per heavy atom. The first-order valence-electron chi connectivity index (χ1n) is 12.8. The molecular weight excluding hydrogens is 520 g/mol. The van der Waals surface area contributed by atoms with E-state index < -0.39 is 60.2 Å². The fourth-order valence-corrected chi connectivity index (χ4v) is 3.91. The third-order valence-electron chi connectivity index (χ3n) is 6.43. The molecule has 0 aromatic heterocycles. The number of carbonyl (C=O) groups is 5. The predicted octanol–water partition coefficient (Wildman–Crippen LogP) is 0.565. The minimum absolute atomic E-state index is 0.0208. The van der Waals surface area contributed by atoms with E-state index in [2.05, 4.69) is 16.0 Å². The molecule has 2 aromatic carbocycles. The van der Waals surface area contributed by atoms with Crippen LogP contribution in [0.5, 0.6) is 5.75 Å². The summed E-state index contributed by atoms with van der Waals surface area (Å²) in [6.45, 7) is 3.57. The second-order valence-electron chi connectivity index (χ2n) is 9.60. The van der Waals surface area contributed by atoms with Crippen LogP contribution in [0.2, 0.25) is 0 Å². The number of nitrogens with one attached hydrogen (secondary N) is 3. The summed E-state index contributed by atoms with van der Waals surface area (Å²) in [6, 6.07) is 9.87. The highest BCUT2D eigenvalue weighted by Crippen LogP contribution is 2.14. The third kappa shape index (κ3) is 10.0. The zero-order chi connectivity index (χ0) is 29.8. The minimum Gasteiger partial charge on any atom is -0.508 e. The van der Waals surface area contributed by atoms with Crippen LogP contribution in [0.4, 0.5) is 0 Å². The van der Waals surface area contributed by atoms with Crippen molar-refractivity contribution >= 4 is 29.7 Å². The van der Waals surface area contributed by atoms with Crippen molar-refractivity contribution in [3.63, 3.8) is 0 Å². The second kappa shape index (κ2) is 15.2. The highest BCUT2D eigenvalue weighted by atomic mass is 16.4. The summed E-state index contributed by atoms with van der Waals surface area (Å²) >= 11 is 0. The summed E-state index contributed by atoms with van der Waals surface area (Å²) in [5.41, 5.74) is 7.46. The van der Waals surface area contributed by atoms with Crippen molar-refractivity contribution in [1.82, 2.24) is 16.0 Å². The number of carboxylic acid groups (broad SMARTS) is 2. The minimum atomic E-state index is -1.73. The number of amides is 3. The summed E-state index contributed by atoms with van der Waals surface area (Å²) in [5, 5.41) is 35.4. The lowest BCUT2D eigenvalue weighted by atomic mass is 9.96. The molecule has 0 saturated heterocycles. The number of benzene rings is 2. The van der Waals surface area contributed by atoms with Crippen LogP contribution in [0.3, 0.4) is 0 Å². The lowest BCUT2D eigenvalue weighted by molar-refractivity contribution is -0.147. The van der Waals surface area contributed by atoms with Crippen molar-refractivity contribution in [2.24, 2.45) is 11.7 Å². The van der Waals surface area contributed by atoms with Crippen LogP contribution in [0.25, 0.3) is 0 Å². The van der Waals surface area contributed by atoms with E-state index in [9.17, 15) is 34.2 Å². The van der Waals surface area contributed by atoms with Gasteiger partial charge in [-0.2, -0.15) is 0 Å². The van der Waals surface area contributed by atoms with Crippen LogP contribution in [0.15, 0.2) is 54.6 Å². The first-order chi connectivity index (χ1) is 18.9. The fourth-order valence-electron chi connectivity index (χ4n) is 3.91. The highest BCUT2D eigenvalue weighted by Gasteiger charge is 2.33. The number of phenolic OH excluding ortho intramolecular Hbond substituents is 1. The van der Waals surface area contributed by atoms with Gasteiger partial charge < -0.3 is 37.0 Å². The summed E-state index contributed by atoms with van der Waals surface area (Å²) in [5.74, 6) is -5.54. The number of carboxylic acids is 2. The standard InChI is InChI=1S/C28H36N4O8/c1-3-16(2)24(32-25(36)20(29)13-17-7-5-4-6-8-17)27(38)30-21(14-18-9-11-19(33)12-10-18)26(37)31-22(28(39)40)15-23(34)35/h4-12,16,20-22,24,33H,3,13-15,29H2,1-2H3,(H,30,38)(H,31,37)(H,32,36)(H,34,35)(H,39,40). The first kappa shape index (κ1) is 31.8. The summed E-state index contributed by atoms with van der Waals surface area (Å²) < 4.78 is 0. The molecule has 3 amide bonds. The van der Waals surface area contributed by atoms with Crippen molar-refractivity contribution in [2.75, 3.05) is 0 Å². The largest absolute Gasteiger partial charge is 0.508 e. The zero-order valence-corrected chi connectivity index (χ0v) is 22.4. The van der Waals surface area contributed by atoms with E-state index >= 15 is 0 Å². The summed E-state index contributed by atoms with van der Waals surface area (Å²) in [7, 11) is 0. The molecular formula is C28H36N4O8. The quantitative estimate of drug-likeness (QED) is 0.163. The molecule has 0 aliphatic heterocycles. The molecule has 2 aromatic rings. The first-order valence-corrected chi connectivity index (χ1v) is 12.8. The number of aromatic hydroxyl groups is 1. The Morgan fingerprint density at radius 1 is 0.775 bits per heavy atom. The molecule has 0 spiro atoms. The van der Waals surface area contributed by atoms with Crippen molar-refractivity contribution in [3.8, 4) is 5.75 Å². The SMILES string of the molecule is CCC(C)C(NC(=O)C(N)Cc1ccccc1)C(=O)NC(Cc1ccc(O)cc1)C(=O)NC(CC(=O)O)C(=O)O. The Balaban J connectivity index is 2.24. The van der Waals surface area contributed by atoms with Crippen LogP contribution in [0.1, 0.15) is 37.8 Å².